The highest BCUT2D eigenvalue weighted by molar-refractivity contribution is 5.77. The smallest absolute Gasteiger partial charge is 0.328 e. The lowest BCUT2D eigenvalue weighted by molar-refractivity contribution is -0.151. The fourth-order valence-electron chi connectivity index (χ4n) is 2.33. The first-order valence-electron chi connectivity index (χ1n) is 7.23. The third kappa shape index (κ3) is 3.95. The number of esters is 1. The van der Waals surface area contributed by atoms with E-state index in [9.17, 15) is 4.79 Å². The van der Waals surface area contributed by atoms with Gasteiger partial charge in [-0.3, -0.25) is 4.90 Å². The molecule has 4 heteroatoms. The van der Waals surface area contributed by atoms with E-state index in [-0.39, 0.29) is 18.6 Å². The van der Waals surface area contributed by atoms with Gasteiger partial charge in [-0.25, -0.2) is 4.79 Å². The van der Waals surface area contributed by atoms with Crippen molar-refractivity contribution in [1.29, 1.82) is 0 Å². The van der Waals surface area contributed by atoms with Crippen LogP contribution in [0.25, 0.3) is 0 Å². The van der Waals surface area contributed by atoms with Crippen LogP contribution >= 0.6 is 0 Å². The molecule has 2 rings (SSSR count). The van der Waals surface area contributed by atoms with E-state index in [1.807, 2.05) is 44.2 Å². The van der Waals surface area contributed by atoms with Crippen LogP contribution in [0.3, 0.4) is 0 Å². The zero-order chi connectivity index (χ0) is 15.1. The SMILES string of the molecule is CCN(CC)C(C(=O)OCc1ccoc1)c1ccccc1. The average molecular weight is 287 g/mol. The summed E-state index contributed by atoms with van der Waals surface area (Å²) in [6.45, 7) is 5.90. The molecule has 1 aromatic carbocycles. The number of hydrogen-bond acceptors (Lipinski definition) is 4. The third-order valence-corrected chi connectivity index (χ3v) is 3.48. The summed E-state index contributed by atoms with van der Waals surface area (Å²) in [5, 5.41) is 0. The molecule has 1 aromatic heterocycles. The Morgan fingerprint density at radius 2 is 1.90 bits per heavy atom. The lowest BCUT2D eigenvalue weighted by atomic mass is 10.1. The minimum absolute atomic E-state index is 0.230. The summed E-state index contributed by atoms with van der Waals surface area (Å²) in [5.41, 5.74) is 1.81. The van der Waals surface area contributed by atoms with Crippen LogP contribution in [-0.4, -0.2) is 24.0 Å². The summed E-state index contributed by atoms with van der Waals surface area (Å²) in [6, 6.07) is 11.2. The van der Waals surface area contributed by atoms with Crippen molar-refractivity contribution in [2.75, 3.05) is 13.1 Å². The van der Waals surface area contributed by atoms with Crippen LogP contribution in [0.5, 0.6) is 0 Å². The van der Waals surface area contributed by atoms with Gasteiger partial charge in [0, 0.05) is 5.56 Å². The second kappa shape index (κ2) is 7.64. The van der Waals surface area contributed by atoms with Crippen molar-refractivity contribution in [3.05, 3.63) is 60.1 Å². The monoisotopic (exact) mass is 287 g/mol. The van der Waals surface area contributed by atoms with Crippen LogP contribution in [0.15, 0.2) is 53.3 Å². The second-order valence-corrected chi connectivity index (χ2v) is 4.77. The van der Waals surface area contributed by atoms with E-state index >= 15 is 0 Å². The number of ether oxygens (including phenoxy) is 1. The summed E-state index contributed by atoms with van der Waals surface area (Å²) >= 11 is 0. The lowest BCUT2D eigenvalue weighted by Crippen LogP contribution is -2.35. The number of rotatable bonds is 7. The van der Waals surface area contributed by atoms with Crippen LogP contribution in [0.2, 0.25) is 0 Å². The molecular weight excluding hydrogens is 266 g/mol. The van der Waals surface area contributed by atoms with Gasteiger partial charge in [0.25, 0.3) is 0 Å². The van der Waals surface area contributed by atoms with Crippen molar-refractivity contribution in [1.82, 2.24) is 4.90 Å². The molecule has 1 unspecified atom stereocenters. The normalized spacial score (nSPS) is 12.3. The molecule has 2 aromatic rings. The topological polar surface area (TPSA) is 42.7 Å². The van der Waals surface area contributed by atoms with E-state index in [2.05, 4.69) is 4.90 Å². The van der Waals surface area contributed by atoms with Crippen molar-refractivity contribution in [2.24, 2.45) is 0 Å². The molecule has 0 N–H and O–H groups in total. The number of furan rings is 1. The van der Waals surface area contributed by atoms with Gasteiger partial charge in [-0.05, 0) is 24.7 Å². The Balaban J connectivity index is 2.12. The molecule has 0 aliphatic heterocycles. The average Bonchev–Trinajstić information content (AvgIpc) is 3.04. The number of hydrogen-bond donors (Lipinski definition) is 0. The predicted octanol–water partition coefficient (Wildman–Crippen LogP) is 3.41. The maximum Gasteiger partial charge on any atom is 0.328 e. The molecular formula is C17H21NO3. The Morgan fingerprint density at radius 1 is 1.19 bits per heavy atom. The molecule has 0 aliphatic rings. The lowest BCUT2D eigenvalue weighted by Gasteiger charge is -2.28. The van der Waals surface area contributed by atoms with Crippen LogP contribution in [0.4, 0.5) is 0 Å². The maximum absolute atomic E-state index is 12.5. The van der Waals surface area contributed by atoms with Crippen molar-refractivity contribution >= 4 is 5.97 Å². The molecule has 4 nitrogen and oxygen atoms in total. The van der Waals surface area contributed by atoms with Gasteiger partial charge in [-0.15, -0.1) is 0 Å². The number of nitrogens with zero attached hydrogens (tertiary/aromatic N) is 1. The fraction of sp³-hybridized carbons (Fsp3) is 0.353. The van der Waals surface area contributed by atoms with Gasteiger partial charge in [0.15, 0.2) is 0 Å². The van der Waals surface area contributed by atoms with Crippen molar-refractivity contribution < 1.29 is 13.9 Å². The minimum Gasteiger partial charge on any atom is -0.472 e. The molecule has 21 heavy (non-hydrogen) atoms. The van der Waals surface area contributed by atoms with Gasteiger partial charge in [0.1, 0.15) is 12.6 Å². The van der Waals surface area contributed by atoms with Crippen molar-refractivity contribution in [2.45, 2.75) is 26.5 Å². The molecule has 1 atom stereocenters. The number of carbonyl (C=O) groups excluding carboxylic acids is 1. The van der Waals surface area contributed by atoms with E-state index in [4.69, 9.17) is 9.15 Å². The summed E-state index contributed by atoms with van der Waals surface area (Å²) in [5.74, 6) is -0.230. The first-order chi connectivity index (χ1) is 10.3. The summed E-state index contributed by atoms with van der Waals surface area (Å²) in [4.78, 5) is 14.6. The number of carbonyl (C=O) groups is 1. The minimum atomic E-state index is -0.367. The molecule has 0 saturated carbocycles. The summed E-state index contributed by atoms with van der Waals surface area (Å²) in [7, 11) is 0. The van der Waals surface area contributed by atoms with E-state index in [0.717, 1.165) is 24.2 Å². The highest BCUT2D eigenvalue weighted by Crippen LogP contribution is 2.22. The predicted molar refractivity (Wildman–Crippen MR) is 80.6 cm³/mol. The van der Waals surface area contributed by atoms with Gasteiger partial charge in [0.05, 0.1) is 12.5 Å². The molecule has 0 saturated heterocycles. The molecule has 0 radical (unpaired) electrons. The van der Waals surface area contributed by atoms with Crippen LogP contribution < -0.4 is 0 Å². The Labute approximate surface area is 125 Å². The molecule has 0 aliphatic carbocycles. The van der Waals surface area contributed by atoms with E-state index in [1.54, 1.807) is 18.6 Å². The number of benzene rings is 1. The highest BCUT2D eigenvalue weighted by Gasteiger charge is 2.27. The van der Waals surface area contributed by atoms with Crippen molar-refractivity contribution in [3.63, 3.8) is 0 Å². The largest absolute Gasteiger partial charge is 0.472 e. The first kappa shape index (κ1) is 15.3. The van der Waals surface area contributed by atoms with Crippen molar-refractivity contribution in [3.8, 4) is 0 Å². The van der Waals surface area contributed by atoms with Gasteiger partial charge < -0.3 is 9.15 Å². The van der Waals surface area contributed by atoms with Gasteiger partial charge in [-0.1, -0.05) is 44.2 Å². The Morgan fingerprint density at radius 3 is 2.48 bits per heavy atom. The number of likely N-dealkylation sites (N-methyl/N-ethyl adjacent to an activating group) is 1. The van der Waals surface area contributed by atoms with Crippen LogP contribution in [-0.2, 0) is 16.1 Å². The maximum atomic E-state index is 12.5. The zero-order valence-corrected chi connectivity index (χ0v) is 12.5. The fourth-order valence-corrected chi connectivity index (χ4v) is 2.33. The Kier molecular flexibility index (Phi) is 5.58. The highest BCUT2D eigenvalue weighted by atomic mass is 16.5. The molecule has 0 bridgehead atoms. The van der Waals surface area contributed by atoms with E-state index in [0.29, 0.717) is 0 Å². The van der Waals surface area contributed by atoms with Crippen LogP contribution in [0.1, 0.15) is 31.0 Å². The van der Waals surface area contributed by atoms with Gasteiger partial charge >= 0.3 is 5.97 Å². The first-order valence-corrected chi connectivity index (χ1v) is 7.23. The molecule has 0 amide bonds. The van der Waals surface area contributed by atoms with E-state index in [1.165, 1.54) is 0 Å². The molecule has 0 spiro atoms. The molecule has 0 fully saturated rings. The summed E-state index contributed by atoms with van der Waals surface area (Å²) in [6.07, 6.45) is 3.16. The van der Waals surface area contributed by atoms with Gasteiger partial charge in [0.2, 0.25) is 0 Å². The van der Waals surface area contributed by atoms with Gasteiger partial charge in [-0.2, -0.15) is 0 Å². The molecule has 112 valence electrons. The quantitative estimate of drug-likeness (QED) is 0.732. The second-order valence-electron chi connectivity index (χ2n) is 4.77. The Hall–Kier alpha value is -2.07. The molecule has 1 heterocycles. The Bertz CT molecular complexity index is 532. The standard InChI is InChI=1S/C17H21NO3/c1-3-18(4-2)16(15-8-6-5-7-9-15)17(19)21-13-14-10-11-20-12-14/h5-12,16H,3-4,13H2,1-2H3. The summed E-state index contributed by atoms with van der Waals surface area (Å²) < 4.78 is 10.4. The van der Waals surface area contributed by atoms with E-state index < -0.39 is 0 Å². The zero-order valence-electron chi connectivity index (χ0n) is 12.5. The third-order valence-electron chi connectivity index (χ3n) is 3.48. The van der Waals surface area contributed by atoms with Crippen LogP contribution in [0, 0.1) is 0 Å².